The fourth-order valence-electron chi connectivity index (χ4n) is 2.26. The van der Waals surface area contributed by atoms with Crippen molar-refractivity contribution in [1.82, 2.24) is 15.6 Å². The summed E-state index contributed by atoms with van der Waals surface area (Å²) in [6.07, 6.45) is 2.21. The SMILES string of the molecule is CCNC(=NCc1csc(CC)n1)NC(C)COC1CCOC1. The molecule has 2 heterocycles. The van der Waals surface area contributed by atoms with E-state index in [1.165, 1.54) is 0 Å². The second-order valence-electron chi connectivity index (χ2n) is 5.65. The van der Waals surface area contributed by atoms with Gasteiger partial charge in [0.15, 0.2) is 5.96 Å². The van der Waals surface area contributed by atoms with Gasteiger partial charge >= 0.3 is 0 Å². The average molecular weight is 340 g/mol. The third-order valence-electron chi connectivity index (χ3n) is 3.50. The Morgan fingerprint density at radius 2 is 2.43 bits per heavy atom. The van der Waals surface area contributed by atoms with Crippen LogP contribution in [0.3, 0.4) is 0 Å². The number of guanidine groups is 1. The van der Waals surface area contributed by atoms with Crippen LogP contribution in [0, 0.1) is 0 Å². The van der Waals surface area contributed by atoms with Crippen LogP contribution in [0.25, 0.3) is 0 Å². The summed E-state index contributed by atoms with van der Waals surface area (Å²) in [4.78, 5) is 9.16. The van der Waals surface area contributed by atoms with E-state index >= 15 is 0 Å². The van der Waals surface area contributed by atoms with E-state index in [4.69, 9.17) is 9.47 Å². The van der Waals surface area contributed by atoms with Gasteiger partial charge in [0, 0.05) is 24.6 Å². The van der Waals surface area contributed by atoms with E-state index in [1.54, 1.807) is 11.3 Å². The molecule has 0 bridgehead atoms. The zero-order valence-electron chi connectivity index (χ0n) is 14.3. The van der Waals surface area contributed by atoms with Gasteiger partial charge in [-0.25, -0.2) is 9.98 Å². The Hall–Kier alpha value is -1.18. The summed E-state index contributed by atoms with van der Waals surface area (Å²) < 4.78 is 11.2. The number of rotatable bonds is 8. The largest absolute Gasteiger partial charge is 0.379 e. The maximum atomic E-state index is 5.84. The zero-order chi connectivity index (χ0) is 16.5. The van der Waals surface area contributed by atoms with Gasteiger partial charge in [-0.3, -0.25) is 0 Å². The lowest BCUT2D eigenvalue weighted by atomic mass is 10.3. The molecule has 1 saturated heterocycles. The molecule has 2 N–H and O–H groups in total. The quantitative estimate of drug-likeness (QED) is 0.559. The van der Waals surface area contributed by atoms with Crippen molar-refractivity contribution in [2.75, 3.05) is 26.4 Å². The van der Waals surface area contributed by atoms with E-state index in [9.17, 15) is 0 Å². The predicted molar refractivity (Wildman–Crippen MR) is 94.1 cm³/mol. The van der Waals surface area contributed by atoms with Gasteiger partial charge in [-0.05, 0) is 26.7 Å². The summed E-state index contributed by atoms with van der Waals surface area (Å²) >= 11 is 1.70. The van der Waals surface area contributed by atoms with Crippen LogP contribution in [-0.2, 0) is 22.4 Å². The minimum Gasteiger partial charge on any atom is -0.379 e. The lowest BCUT2D eigenvalue weighted by Crippen LogP contribution is -2.44. The first kappa shape index (κ1) is 18.2. The monoisotopic (exact) mass is 340 g/mol. The molecule has 0 radical (unpaired) electrons. The molecule has 0 aromatic carbocycles. The van der Waals surface area contributed by atoms with E-state index < -0.39 is 0 Å². The number of hydrogen-bond donors (Lipinski definition) is 2. The highest BCUT2D eigenvalue weighted by Crippen LogP contribution is 2.11. The fourth-order valence-corrected chi connectivity index (χ4v) is 3.00. The molecule has 2 rings (SSSR count). The number of nitrogens with zero attached hydrogens (tertiary/aromatic N) is 2. The van der Waals surface area contributed by atoms with Crippen LogP contribution < -0.4 is 10.6 Å². The Morgan fingerprint density at radius 3 is 3.09 bits per heavy atom. The van der Waals surface area contributed by atoms with Gasteiger partial charge in [-0.15, -0.1) is 11.3 Å². The third kappa shape index (κ3) is 6.45. The van der Waals surface area contributed by atoms with Crippen LogP contribution in [0.4, 0.5) is 0 Å². The summed E-state index contributed by atoms with van der Waals surface area (Å²) in [5.41, 5.74) is 1.02. The minimum absolute atomic E-state index is 0.190. The van der Waals surface area contributed by atoms with Gasteiger partial charge in [0.05, 0.1) is 36.6 Å². The Labute approximate surface area is 142 Å². The highest BCUT2D eigenvalue weighted by molar-refractivity contribution is 7.09. The Bertz CT molecular complexity index is 486. The van der Waals surface area contributed by atoms with Crippen molar-refractivity contribution in [3.63, 3.8) is 0 Å². The number of ether oxygens (including phenoxy) is 2. The van der Waals surface area contributed by atoms with Gasteiger partial charge < -0.3 is 20.1 Å². The van der Waals surface area contributed by atoms with Gasteiger partial charge in [-0.1, -0.05) is 6.92 Å². The fraction of sp³-hybridized carbons (Fsp3) is 0.750. The standard InChI is InChI=1S/C16H28N4O2S/c1-4-15-20-13(11-23-15)8-18-16(17-5-2)19-12(3)9-22-14-6-7-21-10-14/h11-12,14H,4-10H2,1-3H3,(H2,17,18,19). The molecule has 1 aromatic rings. The highest BCUT2D eigenvalue weighted by Gasteiger charge is 2.17. The molecule has 7 heteroatoms. The molecule has 6 nitrogen and oxygen atoms in total. The molecule has 0 saturated carbocycles. The molecule has 0 amide bonds. The molecule has 2 atom stereocenters. The first-order valence-electron chi connectivity index (χ1n) is 8.38. The maximum absolute atomic E-state index is 5.84. The van der Waals surface area contributed by atoms with Crippen molar-refractivity contribution in [2.45, 2.75) is 52.3 Å². The second-order valence-corrected chi connectivity index (χ2v) is 6.59. The Balaban J connectivity index is 1.79. The summed E-state index contributed by atoms with van der Waals surface area (Å²) in [6.45, 7) is 9.87. The molecular weight excluding hydrogens is 312 g/mol. The minimum atomic E-state index is 0.190. The zero-order valence-corrected chi connectivity index (χ0v) is 15.1. The van der Waals surface area contributed by atoms with Crippen LogP contribution >= 0.6 is 11.3 Å². The molecule has 23 heavy (non-hydrogen) atoms. The van der Waals surface area contributed by atoms with Crippen LogP contribution in [0.15, 0.2) is 10.4 Å². The molecule has 130 valence electrons. The number of hydrogen-bond acceptors (Lipinski definition) is 5. The lowest BCUT2D eigenvalue weighted by molar-refractivity contribution is 0.0347. The van der Waals surface area contributed by atoms with Crippen molar-refractivity contribution in [3.8, 4) is 0 Å². The predicted octanol–water partition coefficient (Wildman–Crippen LogP) is 1.95. The number of nitrogens with one attached hydrogen (secondary N) is 2. The lowest BCUT2D eigenvalue weighted by Gasteiger charge is -2.19. The summed E-state index contributed by atoms with van der Waals surface area (Å²) in [5, 5.41) is 9.89. The summed E-state index contributed by atoms with van der Waals surface area (Å²) in [5.74, 6) is 0.803. The molecule has 1 aliphatic heterocycles. The molecule has 1 fully saturated rings. The first-order valence-corrected chi connectivity index (χ1v) is 9.26. The van der Waals surface area contributed by atoms with Crippen molar-refractivity contribution in [3.05, 3.63) is 16.1 Å². The highest BCUT2D eigenvalue weighted by atomic mass is 32.1. The van der Waals surface area contributed by atoms with E-state index in [2.05, 4.69) is 46.8 Å². The van der Waals surface area contributed by atoms with E-state index in [1.807, 2.05) is 0 Å². The van der Waals surface area contributed by atoms with Crippen molar-refractivity contribution < 1.29 is 9.47 Å². The number of aryl methyl sites for hydroxylation is 1. The number of aliphatic imine (C=N–C) groups is 1. The normalized spacial score (nSPS) is 19.8. The topological polar surface area (TPSA) is 67.8 Å². The van der Waals surface area contributed by atoms with Crippen LogP contribution in [0.2, 0.25) is 0 Å². The average Bonchev–Trinajstić information content (AvgIpc) is 3.22. The van der Waals surface area contributed by atoms with Gasteiger partial charge in [0.25, 0.3) is 0 Å². The van der Waals surface area contributed by atoms with Crippen molar-refractivity contribution >= 4 is 17.3 Å². The van der Waals surface area contributed by atoms with Gasteiger partial charge in [-0.2, -0.15) is 0 Å². The van der Waals surface area contributed by atoms with Crippen LogP contribution in [-0.4, -0.2) is 49.5 Å². The molecule has 2 unspecified atom stereocenters. The first-order chi connectivity index (χ1) is 11.2. The molecule has 0 spiro atoms. The molecule has 1 aliphatic rings. The number of thiazole rings is 1. The Kier molecular flexibility index (Phi) is 7.78. The third-order valence-corrected chi connectivity index (χ3v) is 4.54. The van der Waals surface area contributed by atoms with E-state index in [-0.39, 0.29) is 12.1 Å². The number of aromatic nitrogens is 1. The molecule has 0 aliphatic carbocycles. The smallest absolute Gasteiger partial charge is 0.191 e. The maximum Gasteiger partial charge on any atom is 0.191 e. The second kappa shape index (κ2) is 9.85. The van der Waals surface area contributed by atoms with Gasteiger partial charge in [0.1, 0.15) is 0 Å². The van der Waals surface area contributed by atoms with E-state index in [0.29, 0.717) is 19.8 Å². The van der Waals surface area contributed by atoms with Crippen LogP contribution in [0.1, 0.15) is 37.9 Å². The van der Waals surface area contributed by atoms with Gasteiger partial charge in [0.2, 0.25) is 0 Å². The summed E-state index contributed by atoms with van der Waals surface area (Å²) in [7, 11) is 0. The van der Waals surface area contributed by atoms with E-state index in [0.717, 1.165) is 42.7 Å². The summed E-state index contributed by atoms with van der Waals surface area (Å²) in [6, 6.07) is 0.190. The van der Waals surface area contributed by atoms with Crippen LogP contribution in [0.5, 0.6) is 0 Å². The van der Waals surface area contributed by atoms with Crippen molar-refractivity contribution in [1.29, 1.82) is 0 Å². The molecular formula is C16H28N4O2S. The van der Waals surface area contributed by atoms with Crippen molar-refractivity contribution in [2.24, 2.45) is 4.99 Å². The Morgan fingerprint density at radius 1 is 1.57 bits per heavy atom. The molecule has 1 aromatic heterocycles.